The second-order valence-corrected chi connectivity index (χ2v) is 9.04. The third-order valence-corrected chi connectivity index (χ3v) is 6.56. The Bertz CT molecular complexity index is 1270. The van der Waals surface area contributed by atoms with Crippen LogP contribution in [0.5, 0.6) is 5.75 Å². The van der Waals surface area contributed by atoms with E-state index in [1.165, 1.54) is 30.9 Å². The number of para-hydroxylation sites is 1. The normalized spacial score (nSPS) is 14.7. The quantitative estimate of drug-likeness (QED) is 0.334. The van der Waals surface area contributed by atoms with Crippen molar-refractivity contribution in [1.29, 1.82) is 0 Å². The van der Waals surface area contributed by atoms with Crippen LogP contribution in [0.3, 0.4) is 0 Å². The van der Waals surface area contributed by atoms with Gasteiger partial charge in [0.2, 0.25) is 5.91 Å². The highest BCUT2D eigenvalue weighted by atomic mass is 16.6. The number of nitrogens with two attached hydrogens (primary N) is 1. The number of primary amides is 1. The van der Waals surface area contributed by atoms with Gasteiger partial charge in [0, 0.05) is 38.0 Å². The van der Waals surface area contributed by atoms with Crippen molar-refractivity contribution in [3.63, 3.8) is 0 Å². The van der Waals surface area contributed by atoms with Crippen LogP contribution in [0.4, 0.5) is 4.79 Å². The number of carbonyl (C=O) groups excluding carboxylic acids is 5. The van der Waals surface area contributed by atoms with Crippen LogP contribution >= 0.6 is 0 Å². The minimum Gasteiger partial charge on any atom is -0.477 e. The molecule has 13 heteroatoms. The number of rotatable bonds is 10. The standard InChI is InChI=1S/C27H34N4O9/c1-5-39-27(36)31-14-12-30(13-15-31)25(34)18(10-11-20(32)37-3)22-21(24(28)33)23(40-16(2)26(35)38-4)17-8-6-7-9-19(17)29-22/h6-9,16,18H,5,10-15H2,1-4H3,(H2,28,33). The highest BCUT2D eigenvalue weighted by Crippen LogP contribution is 2.37. The highest BCUT2D eigenvalue weighted by Gasteiger charge is 2.36. The van der Waals surface area contributed by atoms with Gasteiger partial charge < -0.3 is 34.5 Å². The number of benzene rings is 1. The number of hydrogen-bond donors (Lipinski definition) is 1. The molecule has 0 spiro atoms. The maximum atomic E-state index is 13.9. The molecule has 2 heterocycles. The molecule has 216 valence electrons. The molecule has 0 saturated carbocycles. The van der Waals surface area contributed by atoms with Gasteiger partial charge in [-0.25, -0.2) is 9.59 Å². The van der Waals surface area contributed by atoms with E-state index in [0.29, 0.717) is 10.9 Å². The molecule has 1 aromatic carbocycles. The first kappa shape index (κ1) is 30.1. The van der Waals surface area contributed by atoms with E-state index >= 15 is 0 Å². The summed E-state index contributed by atoms with van der Waals surface area (Å²) in [6.07, 6.45) is -1.76. The van der Waals surface area contributed by atoms with Crippen LogP contribution in [-0.4, -0.2) is 97.7 Å². The molecule has 1 saturated heterocycles. The van der Waals surface area contributed by atoms with Crippen LogP contribution in [-0.2, 0) is 28.6 Å². The summed E-state index contributed by atoms with van der Waals surface area (Å²) in [7, 11) is 2.44. The number of hydrogen-bond acceptors (Lipinski definition) is 10. The lowest BCUT2D eigenvalue weighted by atomic mass is 9.91. The Morgan fingerprint density at radius 2 is 1.65 bits per heavy atom. The number of pyridine rings is 1. The zero-order valence-electron chi connectivity index (χ0n) is 23.0. The Kier molecular flexibility index (Phi) is 10.2. The molecule has 0 radical (unpaired) electrons. The van der Waals surface area contributed by atoms with Crippen molar-refractivity contribution in [2.24, 2.45) is 5.73 Å². The summed E-state index contributed by atoms with van der Waals surface area (Å²) in [5.74, 6) is -3.68. The summed E-state index contributed by atoms with van der Waals surface area (Å²) in [5, 5.41) is 0.401. The number of piperazine rings is 1. The molecular weight excluding hydrogens is 524 g/mol. The topological polar surface area (TPSA) is 168 Å². The molecule has 1 aliphatic rings. The van der Waals surface area contributed by atoms with Crippen LogP contribution in [0.15, 0.2) is 24.3 Å². The van der Waals surface area contributed by atoms with Crippen LogP contribution < -0.4 is 10.5 Å². The van der Waals surface area contributed by atoms with Crippen molar-refractivity contribution in [3.8, 4) is 5.75 Å². The average molecular weight is 559 g/mol. The van der Waals surface area contributed by atoms with E-state index in [1.54, 1.807) is 31.2 Å². The van der Waals surface area contributed by atoms with Gasteiger partial charge in [-0.3, -0.25) is 19.4 Å². The van der Waals surface area contributed by atoms with Crippen molar-refractivity contribution in [1.82, 2.24) is 14.8 Å². The minimum absolute atomic E-state index is 0.0139. The molecule has 0 bridgehead atoms. The second-order valence-electron chi connectivity index (χ2n) is 9.04. The largest absolute Gasteiger partial charge is 0.477 e. The van der Waals surface area contributed by atoms with Gasteiger partial charge in [0.25, 0.3) is 5.91 Å². The molecule has 2 unspecified atom stereocenters. The first-order valence-electron chi connectivity index (χ1n) is 12.9. The van der Waals surface area contributed by atoms with E-state index in [-0.39, 0.29) is 62.6 Å². The number of carbonyl (C=O) groups is 5. The lowest BCUT2D eigenvalue weighted by Gasteiger charge is -2.36. The van der Waals surface area contributed by atoms with Crippen molar-refractivity contribution < 1.29 is 42.9 Å². The number of aromatic nitrogens is 1. The van der Waals surface area contributed by atoms with E-state index in [1.807, 2.05) is 0 Å². The lowest BCUT2D eigenvalue weighted by Crippen LogP contribution is -2.52. The Morgan fingerprint density at radius 1 is 1.00 bits per heavy atom. The Hall–Kier alpha value is -4.42. The van der Waals surface area contributed by atoms with Crippen molar-refractivity contribution in [2.45, 2.75) is 38.7 Å². The third kappa shape index (κ3) is 6.77. The molecule has 2 N–H and O–H groups in total. The summed E-state index contributed by atoms with van der Waals surface area (Å²) in [6, 6.07) is 6.74. The first-order valence-corrected chi connectivity index (χ1v) is 12.9. The van der Waals surface area contributed by atoms with Gasteiger partial charge >= 0.3 is 18.0 Å². The maximum Gasteiger partial charge on any atom is 0.409 e. The average Bonchev–Trinajstić information content (AvgIpc) is 2.96. The molecule has 2 atom stereocenters. The fourth-order valence-electron chi connectivity index (χ4n) is 4.49. The molecule has 13 nitrogen and oxygen atoms in total. The fourth-order valence-corrected chi connectivity index (χ4v) is 4.49. The van der Waals surface area contributed by atoms with Crippen LogP contribution in [0.2, 0.25) is 0 Å². The smallest absolute Gasteiger partial charge is 0.409 e. The zero-order valence-corrected chi connectivity index (χ0v) is 23.0. The zero-order chi connectivity index (χ0) is 29.4. The lowest BCUT2D eigenvalue weighted by molar-refractivity contribution is -0.148. The van der Waals surface area contributed by atoms with Gasteiger partial charge in [-0.15, -0.1) is 0 Å². The van der Waals surface area contributed by atoms with Crippen LogP contribution in [0.1, 0.15) is 48.7 Å². The predicted octanol–water partition coefficient (Wildman–Crippen LogP) is 1.61. The molecule has 1 fully saturated rings. The number of amides is 3. The second kappa shape index (κ2) is 13.6. The van der Waals surface area contributed by atoms with E-state index in [9.17, 15) is 24.0 Å². The fraction of sp³-hybridized carbons (Fsp3) is 0.481. The van der Waals surface area contributed by atoms with E-state index in [2.05, 4.69) is 4.98 Å². The summed E-state index contributed by atoms with van der Waals surface area (Å²) in [4.78, 5) is 70.9. The monoisotopic (exact) mass is 558 g/mol. The van der Waals surface area contributed by atoms with Gasteiger partial charge in [0.1, 0.15) is 11.3 Å². The number of esters is 2. The van der Waals surface area contributed by atoms with Crippen molar-refractivity contribution in [3.05, 3.63) is 35.5 Å². The highest BCUT2D eigenvalue weighted by molar-refractivity contribution is 6.04. The van der Waals surface area contributed by atoms with E-state index < -0.39 is 41.9 Å². The first-order chi connectivity index (χ1) is 19.1. The maximum absolute atomic E-state index is 13.9. The van der Waals surface area contributed by atoms with Gasteiger partial charge in [0.15, 0.2) is 6.10 Å². The van der Waals surface area contributed by atoms with Gasteiger partial charge in [-0.2, -0.15) is 0 Å². The summed E-state index contributed by atoms with van der Waals surface area (Å²) >= 11 is 0. The predicted molar refractivity (Wildman–Crippen MR) is 142 cm³/mol. The molecule has 0 aliphatic carbocycles. The Morgan fingerprint density at radius 3 is 2.25 bits per heavy atom. The molecular formula is C27H34N4O9. The molecule has 2 aromatic rings. The number of methoxy groups -OCH3 is 2. The molecule has 1 aromatic heterocycles. The molecule has 1 aliphatic heterocycles. The van der Waals surface area contributed by atoms with Gasteiger partial charge in [0.05, 0.1) is 38.0 Å². The SMILES string of the molecule is CCOC(=O)N1CCN(C(=O)C(CCC(=O)OC)c2nc3ccccc3c(OC(C)C(=O)OC)c2C(N)=O)CC1. The summed E-state index contributed by atoms with van der Waals surface area (Å²) in [6.45, 7) is 4.29. The number of ether oxygens (including phenoxy) is 4. The summed E-state index contributed by atoms with van der Waals surface area (Å²) in [5.41, 5.74) is 6.04. The summed E-state index contributed by atoms with van der Waals surface area (Å²) < 4.78 is 20.5. The minimum atomic E-state index is -1.11. The van der Waals surface area contributed by atoms with Crippen molar-refractivity contribution in [2.75, 3.05) is 47.0 Å². The number of nitrogens with zero attached hydrogens (tertiary/aromatic N) is 3. The van der Waals surface area contributed by atoms with Crippen LogP contribution in [0.25, 0.3) is 10.9 Å². The Balaban J connectivity index is 2.09. The van der Waals surface area contributed by atoms with Crippen molar-refractivity contribution >= 4 is 40.7 Å². The Labute approximate surface area is 231 Å². The molecule has 3 rings (SSSR count). The van der Waals surface area contributed by atoms with Crippen LogP contribution in [0, 0.1) is 0 Å². The molecule has 3 amide bonds. The van der Waals surface area contributed by atoms with E-state index in [0.717, 1.165) is 0 Å². The van der Waals surface area contributed by atoms with Gasteiger partial charge in [-0.05, 0) is 32.4 Å². The van der Waals surface area contributed by atoms with Gasteiger partial charge in [-0.1, -0.05) is 12.1 Å². The third-order valence-electron chi connectivity index (χ3n) is 6.56. The number of fused-ring (bicyclic) bond motifs is 1. The molecule has 40 heavy (non-hydrogen) atoms. The van der Waals surface area contributed by atoms with E-state index in [4.69, 9.17) is 24.7 Å².